The Kier molecular flexibility index (Phi) is 13.9. The van der Waals surface area contributed by atoms with Crippen molar-refractivity contribution in [2.24, 2.45) is 22.2 Å². The van der Waals surface area contributed by atoms with Crippen molar-refractivity contribution in [3.8, 4) is 5.75 Å². The number of benzene rings is 2. The molecule has 1 aliphatic rings. The molecule has 1 aliphatic heterocycles. The van der Waals surface area contributed by atoms with Gasteiger partial charge in [0.2, 0.25) is 17.7 Å². The number of anilines is 2. The number of nitrogens with zero attached hydrogens (tertiary/aromatic N) is 2. The summed E-state index contributed by atoms with van der Waals surface area (Å²) in [6, 6.07) is 7.39. The molecule has 1 fully saturated rings. The van der Waals surface area contributed by atoms with Crippen LogP contribution in [0.4, 0.5) is 11.4 Å². The Balaban J connectivity index is 2.38. The van der Waals surface area contributed by atoms with Gasteiger partial charge in [-0.05, 0) is 66.2 Å². The van der Waals surface area contributed by atoms with Crippen LogP contribution in [0.3, 0.4) is 0 Å². The lowest BCUT2D eigenvalue weighted by Gasteiger charge is -2.35. The topological polar surface area (TPSA) is 113 Å². The third kappa shape index (κ3) is 10.9. The lowest BCUT2D eigenvalue weighted by molar-refractivity contribution is -0.132. The van der Waals surface area contributed by atoms with Crippen LogP contribution in [-0.2, 0) is 27.2 Å². The molecule has 1 atom stereocenters. The van der Waals surface area contributed by atoms with Crippen molar-refractivity contribution >= 4 is 52.4 Å². The number of carbonyl (C=O) groups is 5. The number of rotatable bonds is 13. The van der Waals surface area contributed by atoms with Crippen LogP contribution in [0.2, 0.25) is 5.02 Å². The highest BCUT2D eigenvalue weighted by Crippen LogP contribution is 2.44. The first-order valence-corrected chi connectivity index (χ1v) is 19.0. The number of Topliss-reactive ketones (excluding diaryl/α,β-unsaturated/α-hetero) is 1. The number of amides is 4. The van der Waals surface area contributed by atoms with Crippen molar-refractivity contribution in [1.29, 1.82) is 0 Å². The Morgan fingerprint density at radius 1 is 0.942 bits per heavy atom. The van der Waals surface area contributed by atoms with Crippen LogP contribution in [0, 0.1) is 22.2 Å². The van der Waals surface area contributed by atoms with Crippen LogP contribution in [0.25, 0.3) is 0 Å². The summed E-state index contributed by atoms with van der Waals surface area (Å²) in [5.41, 5.74) is 0.558. The molecule has 1 unspecified atom stereocenters. The van der Waals surface area contributed by atoms with E-state index in [2.05, 4.69) is 52.9 Å². The SMILES string of the molecule is CCCCN(Oc1ccc(CC(C)(C)C)cc1CC(C)(C)C)C(=O)c1cc(NC(C)=O)c(Cl)c(C(=O)C(C)(C)C)c1N1C(=O)CCC(CCC)C1=O. The number of hydroxylamine groups is 2. The Morgan fingerprint density at radius 2 is 1.58 bits per heavy atom. The zero-order valence-corrected chi connectivity index (χ0v) is 34.2. The summed E-state index contributed by atoms with van der Waals surface area (Å²) in [4.78, 5) is 77.3. The average molecular weight is 738 g/mol. The van der Waals surface area contributed by atoms with E-state index >= 15 is 4.79 Å². The van der Waals surface area contributed by atoms with E-state index in [0.717, 1.165) is 28.9 Å². The number of halogens is 1. The molecular weight excluding hydrogens is 678 g/mol. The van der Waals surface area contributed by atoms with Crippen molar-refractivity contribution in [3.63, 3.8) is 0 Å². The largest absolute Gasteiger partial charge is 0.376 e. The van der Waals surface area contributed by atoms with Gasteiger partial charge in [0.15, 0.2) is 11.5 Å². The van der Waals surface area contributed by atoms with Gasteiger partial charge in [-0.2, -0.15) is 5.06 Å². The van der Waals surface area contributed by atoms with Crippen LogP contribution in [0.5, 0.6) is 5.75 Å². The molecule has 2 aromatic rings. The Morgan fingerprint density at radius 3 is 2.12 bits per heavy atom. The Labute approximate surface area is 316 Å². The Hall–Kier alpha value is -3.72. The maximum Gasteiger partial charge on any atom is 0.288 e. The second kappa shape index (κ2) is 17.0. The summed E-state index contributed by atoms with van der Waals surface area (Å²) in [5.74, 6) is -2.62. The summed E-state index contributed by atoms with van der Waals surface area (Å²) >= 11 is 6.94. The second-order valence-corrected chi connectivity index (χ2v) is 18.0. The van der Waals surface area contributed by atoms with E-state index in [4.69, 9.17) is 16.4 Å². The zero-order valence-electron chi connectivity index (χ0n) is 33.5. The fourth-order valence-corrected chi connectivity index (χ4v) is 6.77. The molecule has 0 saturated carbocycles. The van der Waals surface area contributed by atoms with Crippen molar-refractivity contribution in [2.45, 2.75) is 134 Å². The minimum atomic E-state index is -1.03. The van der Waals surface area contributed by atoms with E-state index in [1.807, 2.05) is 26.0 Å². The fraction of sp³-hybridized carbons (Fsp3) is 0.595. The molecule has 52 heavy (non-hydrogen) atoms. The molecule has 0 spiro atoms. The van der Waals surface area contributed by atoms with Gasteiger partial charge in [-0.15, -0.1) is 0 Å². The number of hydrogen-bond donors (Lipinski definition) is 1. The van der Waals surface area contributed by atoms with Gasteiger partial charge in [-0.25, -0.2) is 4.90 Å². The number of imide groups is 1. The molecular formula is C42H60ClN3O6. The Bertz CT molecular complexity index is 1680. The predicted molar refractivity (Wildman–Crippen MR) is 209 cm³/mol. The van der Waals surface area contributed by atoms with Crippen molar-refractivity contribution in [3.05, 3.63) is 51.5 Å². The average Bonchev–Trinajstić information content (AvgIpc) is 3.00. The van der Waals surface area contributed by atoms with Gasteiger partial charge in [0.05, 0.1) is 34.1 Å². The van der Waals surface area contributed by atoms with Gasteiger partial charge in [-0.1, -0.05) is 113 Å². The molecule has 286 valence electrons. The highest BCUT2D eigenvalue weighted by Gasteiger charge is 2.42. The standard InChI is InChI=1S/C42H60ClN3O6/c1-13-15-21-45(52-32-19-17-27(24-40(4,5)6)22-29(32)25-41(7,8)9)39(51)30-23-31(44-26(3)47)35(43)34(37(49)42(10,11)12)36(30)46-33(48)20-18-28(16-14-2)38(46)50/h17,19,22-23,28H,13-16,18,20-21,24-25H2,1-12H3,(H,44,47). The third-order valence-electron chi connectivity index (χ3n) is 8.80. The number of carbonyl (C=O) groups excluding carboxylic acids is 5. The molecule has 1 saturated heterocycles. The van der Waals surface area contributed by atoms with E-state index in [1.165, 1.54) is 18.1 Å². The molecule has 0 aromatic heterocycles. The summed E-state index contributed by atoms with van der Waals surface area (Å²) in [5, 5.41) is 3.76. The first-order chi connectivity index (χ1) is 24.0. The molecule has 4 amide bonds. The first kappa shape index (κ1) is 42.7. The lowest BCUT2D eigenvalue weighted by atomic mass is 9.83. The van der Waals surface area contributed by atoms with Crippen molar-refractivity contribution in [2.75, 3.05) is 16.8 Å². The normalized spacial score (nSPS) is 15.5. The molecule has 10 heteroatoms. The summed E-state index contributed by atoms with van der Waals surface area (Å²) in [6.07, 6.45) is 4.54. The maximum absolute atomic E-state index is 15.0. The van der Waals surface area contributed by atoms with Crippen LogP contribution in [0.15, 0.2) is 24.3 Å². The summed E-state index contributed by atoms with van der Waals surface area (Å²) in [6.45, 7) is 23.5. The van der Waals surface area contributed by atoms with Crippen LogP contribution >= 0.6 is 11.6 Å². The van der Waals surface area contributed by atoms with Crippen LogP contribution in [0.1, 0.15) is 153 Å². The minimum Gasteiger partial charge on any atom is -0.376 e. The molecule has 2 aromatic carbocycles. The highest BCUT2D eigenvalue weighted by atomic mass is 35.5. The van der Waals surface area contributed by atoms with Gasteiger partial charge in [-0.3, -0.25) is 24.0 Å². The molecule has 0 radical (unpaired) electrons. The van der Waals surface area contributed by atoms with Crippen molar-refractivity contribution < 1.29 is 28.8 Å². The fourth-order valence-electron chi connectivity index (χ4n) is 6.49. The van der Waals surface area contributed by atoms with Gasteiger partial charge in [0, 0.05) is 24.7 Å². The zero-order chi connectivity index (χ0) is 39.3. The predicted octanol–water partition coefficient (Wildman–Crippen LogP) is 10.0. The molecule has 1 heterocycles. The monoisotopic (exact) mass is 737 g/mol. The number of hydrogen-bond acceptors (Lipinski definition) is 6. The van der Waals surface area contributed by atoms with E-state index in [1.54, 1.807) is 20.8 Å². The minimum absolute atomic E-state index is 0.0197. The lowest BCUT2D eigenvalue weighted by Crippen LogP contribution is -2.47. The van der Waals surface area contributed by atoms with Gasteiger partial charge in [0.1, 0.15) is 0 Å². The number of nitrogens with one attached hydrogen (secondary N) is 1. The van der Waals surface area contributed by atoms with E-state index < -0.39 is 40.7 Å². The molecule has 3 rings (SSSR count). The number of ketones is 1. The molecule has 1 N–H and O–H groups in total. The highest BCUT2D eigenvalue weighted by molar-refractivity contribution is 6.39. The third-order valence-corrected chi connectivity index (χ3v) is 9.19. The van der Waals surface area contributed by atoms with E-state index in [0.29, 0.717) is 37.9 Å². The number of piperidine rings is 1. The summed E-state index contributed by atoms with van der Waals surface area (Å²) < 4.78 is 0. The number of unbranched alkanes of at least 4 members (excludes halogenated alkanes) is 1. The van der Waals surface area contributed by atoms with Gasteiger partial charge < -0.3 is 10.2 Å². The van der Waals surface area contributed by atoms with Gasteiger partial charge in [0.25, 0.3) is 5.91 Å². The molecule has 9 nitrogen and oxygen atoms in total. The van der Waals surface area contributed by atoms with E-state index in [-0.39, 0.29) is 51.3 Å². The molecule has 0 bridgehead atoms. The quantitative estimate of drug-likeness (QED) is 0.124. The van der Waals surface area contributed by atoms with Crippen LogP contribution in [-0.4, -0.2) is 41.0 Å². The van der Waals surface area contributed by atoms with Crippen molar-refractivity contribution in [1.82, 2.24) is 5.06 Å². The smallest absolute Gasteiger partial charge is 0.288 e. The summed E-state index contributed by atoms with van der Waals surface area (Å²) in [7, 11) is 0. The maximum atomic E-state index is 15.0. The van der Waals surface area contributed by atoms with Crippen LogP contribution < -0.4 is 15.1 Å². The van der Waals surface area contributed by atoms with Gasteiger partial charge >= 0.3 is 0 Å². The second-order valence-electron chi connectivity index (χ2n) is 17.6. The first-order valence-electron chi connectivity index (χ1n) is 18.7. The molecule has 0 aliphatic carbocycles. The van der Waals surface area contributed by atoms with E-state index in [9.17, 15) is 19.2 Å².